The fourth-order valence-corrected chi connectivity index (χ4v) is 3.88. The van der Waals surface area contributed by atoms with E-state index in [4.69, 9.17) is 0 Å². The summed E-state index contributed by atoms with van der Waals surface area (Å²) in [6, 6.07) is 10.2. The van der Waals surface area contributed by atoms with Gasteiger partial charge in [-0.2, -0.15) is 0 Å². The standard InChI is InChI=1S/C17H22N2O2/c1-13-8-9-15-10-18(16-6-4-3-5-7-16)11-17(15,12-20)19(13)14(2)21/h3-9,13,15,20H,10-12H2,1-2H3/t13-,15-,17+/m1/s1. The van der Waals surface area contributed by atoms with Gasteiger partial charge in [0.25, 0.3) is 0 Å². The molecule has 21 heavy (non-hydrogen) atoms. The lowest BCUT2D eigenvalue weighted by molar-refractivity contribution is -0.140. The van der Waals surface area contributed by atoms with E-state index < -0.39 is 5.54 Å². The number of para-hydroxylation sites is 1. The van der Waals surface area contributed by atoms with Gasteiger partial charge in [-0.25, -0.2) is 0 Å². The van der Waals surface area contributed by atoms with Crippen molar-refractivity contribution in [2.24, 2.45) is 5.92 Å². The van der Waals surface area contributed by atoms with Gasteiger partial charge < -0.3 is 14.9 Å². The SMILES string of the molecule is CC(=O)N1[C@H](C)C=C[C@@H]2CN(c3ccccc3)C[C@]21CO. The zero-order chi connectivity index (χ0) is 15.0. The summed E-state index contributed by atoms with van der Waals surface area (Å²) in [6.45, 7) is 5.10. The average Bonchev–Trinajstić information content (AvgIpc) is 2.87. The number of rotatable bonds is 2. The zero-order valence-electron chi connectivity index (χ0n) is 12.6. The molecule has 112 valence electrons. The van der Waals surface area contributed by atoms with Crippen LogP contribution in [0, 0.1) is 5.92 Å². The van der Waals surface area contributed by atoms with E-state index in [2.05, 4.69) is 29.2 Å². The first-order valence-corrected chi connectivity index (χ1v) is 7.47. The van der Waals surface area contributed by atoms with Gasteiger partial charge in [0.15, 0.2) is 0 Å². The van der Waals surface area contributed by atoms with E-state index >= 15 is 0 Å². The molecule has 1 aromatic carbocycles. The van der Waals surface area contributed by atoms with Gasteiger partial charge in [-0.3, -0.25) is 4.79 Å². The van der Waals surface area contributed by atoms with Crippen LogP contribution >= 0.6 is 0 Å². The van der Waals surface area contributed by atoms with Gasteiger partial charge in [-0.05, 0) is 19.1 Å². The Morgan fingerprint density at radius 2 is 2.05 bits per heavy atom. The molecule has 4 nitrogen and oxygen atoms in total. The van der Waals surface area contributed by atoms with E-state index in [0.717, 1.165) is 12.2 Å². The van der Waals surface area contributed by atoms with Crippen LogP contribution in [0.4, 0.5) is 5.69 Å². The Morgan fingerprint density at radius 3 is 2.67 bits per heavy atom. The molecule has 0 unspecified atom stereocenters. The second kappa shape index (κ2) is 5.19. The normalized spacial score (nSPS) is 31.4. The molecule has 1 N–H and O–H groups in total. The molecule has 0 aliphatic carbocycles. The molecule has 1 saturated heterocycles. The third-order valence-corrected chi connectivity index (χ3v) is 4.82. The number of carbonyl (C=O) groups excluding carboxylic acids is 1. The number of aliphatic hydroxyl groups excluding tert-OH is 1. The summed E-state index contributed by atoms with van der Waals surface area (Å²) in [4.78, 5) is 16.2. The van der Waals surface area contributed by atoms with Crippen LogP contribution in [0.2, 0.25) is 0 Å². The summed E-state index contributed by atoms with van der Waals surface area (Å²) >= 11 is 0. The van der Waals surface area contributed by atoms with Crippen LogP contribution in [0.15, 0.2) is 42.5 Å². The summed E-state index contributed by atoms with van der Waals surface area (Å²) < 4.78 is 0. The summed E-state index contributed by atoms with van der Waals surface area (Å²) in [5.41, 5.74) is 0.639. The topological polar surface area (TPSA) is 43.8 Å². The maximum absolute atomic E-state index is 12.1. The minimum Gasteiger partial charge on any atom is -0.394 e. The molecule has 2 aliphatic heterocycles. The molecule has 0 saturated carbocycles. The number of hydrogen-bond donors (Lipinski definition) is 1. The highest BCUT2D eigenvalue weighted by Gasteiger charge is 2.53. The number of nitrogens with zero attached hydrogens (tertiary/aromatic N) is 2. The summed E-state index contributed by atoms with van der Waals surface area (Å²) in [6.07, 6.45) is 4.25. The van der Waals surface area contributed by atoms with Crippen molar-refractivity contribution in [3.05, 3.63) is 42.5 Å². The van der Waals surface area contributed by atoms with Crippen molar-refractivity contribution < 1.29 is 9.90 Å². The lowest BCUT2D eigenvalue weighted by Gasteiger charge is -2.47. The van der Waals surface area contributed by atoms with Gasteiger partial charge in [0.1, 0.15) is 0 Å². The van der Waals surface area contributed by atoms with E-state index in [9.17, 15) is 9.90 Å². The van der Waals surface area contributed by atoms with Gasteiger partial charge in [-0.1, -0.05) is 30.4 Å². The molecule has 0 spiro atoms. The van der Waals surface area contributed by atoms with E-state index in [1.54, 1.807) is 6.92 Å². The average molecular weight is 286 g/mol. The van der Waals surface area contributed by atoms with E-state index in [1.165, 1.54) is 0 Å². The first-order chi connectivity index (χ1) is 10.1. The Morgan fingerprint density at radius 1 is 1.33 bits per heavy atom. The Hall–Kier alpha value is -1.81. The first kappa shape index (κ1) is 14.1. The highest BCUT2D eigenvalue weighted by Crippen LogP contribution is 2.40. The maximum Gasteiger partial charge on any atom is 0.220 e. The monoisotopic (exact) mass is 286 g/mol. The Balaban J connectivity index is 1.97. The highest BCUT2D eigenvalue weighted by atomic mass is 16.3. The highest BCUT2D eigenvalue weighted by molar-refractivity contribution is 5.76. The van der Waals surface area contributed by atoms with Crippen molar-refractivity contribution >= 4 is 11.6 Å². The number of benzene rings is 1. The van der Waals surface area contributed by atoms with Crippen molar-refractivity contribution in [1.82, 2.24) is 4.90 Å². The molecule has 1 aromatic rings. The van der Waals surface area contributed by atoms with Gasteiger partial charge in [-0.15, -0.1) is 0 Å². The Labute approximate surface area is 125 Å². The Kier molecular flexibility index (Phi) is 3.49. The van der Waals surface area contributed by atoms with Crippen molar-refractivity contribution in [1.29, 1.82) is 0 Å². The van der Waals surface area contributed by atoms with Crippen molar-refractivity contribution in [3.8, 4) is 0 Å². The number of aliphatic hydroxyl groups is 1. The van der Waals surface area contributed by atoms with Gasteiger partial charge in [0, 0.05) is 37.7 Å². The summed E-state index contributed by atoms with van der Waals surface area (Å²) in [5, 5.41) is 10.1. The fraction of sp³-hybridized carbons (Fsp3) is 0.471. The molecule has 1 amide bonds. The van der Waals surface area contributed by atoms with E-state index in [-0.39, 0.29) is 24.5 Å². The largest absolute Gasteiger partial charge is 0.394 e. The summed E-state index contributed by atoms with van der Waals surface area (Å²) in [7, 11) is 0. The fourth-order valence-electron chi connectivity index (χ4n) is 3.88. The molecule has 2 aliphatic rings. The molecule has 1 fully saturated rings. The second-order valence-electron chi connectivity index (χ2n) is 6.10. The number of fused-ring (bicyclic) bond motifs is 1. The lowest BCUT2D eigenvalue weighted by atomic mass is 9.81. The van der Waals surface area contributed by atoms with Gasteiger partial charge >= 0.3 is 0 Å². The third kappa shape index (κ3) is 2.14. The Bertz CT molecular complexity index is 557. The smallest absolute Gasteiger partial charge is 0.220 e. The second-order valence-corrected chi connectivity index (χ2v) is 6.10. The van der Waals surface area contributed by atoms with Crippen LogP contribution in [0.25, 0.3) is 0 Å². The van der Waals surface area contributed by atoms with E-state index in [1.807, 2.05) is 30.0 Å². The minimum atomic E-state index is -0.504. The van der Waals surface area contributed by atoms with Crippen LogP contribution in [0.3, 0.4) is 0 Å². The van der Waals surface area contributed by atoms with Gasteiger partial charge in [0.05, 0.1) is 12.1 Å². The molecule has 2 heterocycles. The number of amides is 1. The third-order valence-electron chi connectivity index (χ3n) is 4.82. The zero-order valence-corrected chi connectivity index (χ0v) is 12.6. The first-order valence-electron chi connectivity index (χ1n) is 7.47. The predicted octanol–water partition coefficient (Wildman–Crippen LogP) is 1.66. The molecule has 4 heteroatoms. The van der Waals surface area contributed by atoms with Crippen LogP contribution in [-0.4, -0.2) is 47.2 Å². The molecule has 0 aromatic heterocycles. The van der Waals surface area contributed by atoms with E-state index in [0.29, 0.717) is 6.54 Å². The van der Waals surface area contributed by atoms with Crippen LogP contribution in [-0.2, 0) is 4.79 Å². The van der Waals surface area contributed by atoms with Crippen LogP contribution in [0.1, 0.15) is 13.8 Å². The minimum absolute atomic E-state index is 0.00470. The van der Waals surface area contributed by atoms with Crippen molar-refractivity contribution in [2.45, 2.75) is 25.4 Å². The van der Waals surface area contributed by atoms with Crippen LogP contribution < -0.4 is 4.90 Å². The van der Waals surface area contributed by atoms with Crippen LogP contribution in [0.5, 0.6) is 0 Å². The van der Waals surface area contributed by atoms with Crippen molar-refractivity contribution in [3.63, 3.8) is 0 Å². The lowest BCUT2D eigenvalue weighted by Crippen LogP contribution is -2.63. The maximum atomic E-state index is 12.1. The molecule has 0 radical (unpaired) electrons. The summed E-state index contributed by atoms with van der Waals surface area (Å²) in [5.74, 6) is 0.198. The number of hydrogen-bond acceptors (Lipinski definition) is 3. The number of anilines is 1. The molecular formula is C17H22N2O2. The molecule has 3 rings (SSSR count). The van der Waals surface area contributed by atoms with Crippen molar-refractivity contribution in [2.75, 3.05) is 24.6 Å². The molecule has 3 atom stereocenters. The number of carbonyl (C=O) groups is 1. The predicted molar refractivity (Wildman–Crippen MR) is 83.1 cm³/mol. The molecular weight excluding hydrogens is 264 g/mol. The quantitative estimate of drug-likeness (QED) is 0.841. The van der Waals surface area contributed by atoms with Gasteiger partial charge in [0.2, 0.25) is 5.91 Å². The molecule has 0 bridgehead atoms.